The maximum atomic E-state index is 13.5. The normalized spacial score (nSPS) is 15.2. The molecule has 0 amide bonds. The number of halogens is 4. The van der Waals surface area contributed by atoms with Gasteiger partial charge in [0.25, 0.3) is 0 Å². The minimum Gasteiger partial charge on any atom is -0.301 e. The van der Waals surface area contributed by atoms with Gasteiger partial charge in [-0.1, -0.05) is 109 Å². The van der Waals surface area contributed by atoms with Crippen molar-refractivity contribution in [3.63, 3.8) is 0 Å². The lowest BCUT2D eigenvalue weighted by atomic mass is 9.81. The zero-order chi connectivity index (χ0) is 32.0. The molecule has 2 aromatic carbocycles. The average Bonchev–Trinajstić information content (AvgIpc) is 2.97. The Kier molecular flexibility index (Phi) is 21.1. The van der Waals surface area contributed by atoms with Gasteiger partial charge >= 0.3 is 0 Å². The van der Waals surface area contributed by atoms with Crippen LogP contribution in [0.3, 0.4) is 0 Å². The van der Waals surface area contributed by atoms with Crippen LogP contribution in [-0.2, 0) is 0 Å². The molecule has 0 bridgehead atoms. The number of hydrogen-bond donors (Lipinski definition) is 0. The Morgan fingerprint density at radius 1 is 0.800 bits per heavy atom. The summed E-state index contributed by atoms with van der Waals surface area (Å²) in [7, 11) is 0. The fraction of sp³-hybridized carbons (Fsp3) is 0.590. The van der Waals surface area contributed by atoms with Gasteiger partial charge in [0.05, 0.1) is 0 Å². The van der Waals surface area contributed by atoms with Gasteiger partial charge in [0.2, 0.25) is 0 Å². The Labute approximate surface area is 287 Å². The smallest absolute Gasteiger partial charge is 0.123 e. The molecule has 0 aliphatic carbocycles. The number of rotatable bonds is 14. The van der Waals surface area contributed by atoms with Crippen molar-refractivity contribution in [3.8, 4) is 0 Å². The molecular weight excluding hydrogens is 605 g/mol. The van der Waals surface area contributed by atoms with Gasteiger partial charge in [-0.15, -0.1) is 24.8 Å². The topological polar surface area (TPSA) is 6.48 Å². The van der Waals surface area contributed by atoms with Crippen molar-refractivity contribution in [2.75, 3.05) is 39.3 Å². The summed E-state index contributed by atoms with van der Waals surface area (Å²) < 4.78 is 27.0. The summed E-state index contributed by atoms with van der Waals surface area (Å²) in [5.74, 6) is 0.880. The van der Waals surface area contributed by atoms with Crippen LogP contribution in [0, 0.1) is 28.9 Å². The van der Waals surface area contributed by atoms with Crippen LogP contribution in [0.2, 0.25) is 0 Å². The molecule has 1 aliphatic heterocycles. The molecule has 0 radical (unpaired) electrons. The van der Waals surface area contributed by atoms with E-state index in [1.54, 1.807) is 0 Å². The highest BCUT2D eigenvalue weighted by molar-refractivity contribution is 5.85. The largest absolute Gasteiger partial charge is 0.301 e. The van der Waals surface area contributed by atoms with Gasteiger partial charge in [0.15, 0.2) is 0 Å². The second-order valence-electron chi connectivity index (χ2n) is 13.6. The molecule has 45 heavy (non-hydrogen) atoms. The van der Waals surface area contributed by atoms with E-state index < -0.39 is 0 Å². The van der Waals surface area contributed by atoms with Crippen LogP contribution in [-0.4, -0.2) is 49.1 Å². The second kappa shape index (κ2) is 22.0. The first-order valence-electron chi connectivity index (χ1n) is 16.7. The molecule has 0 aromatic heterocycles. The third-order valence-corrected chi connectivity index (χ3v) is 8.95. The molecule has 3 rings (SSSR count). The third kappa shape index (κ3) is 15.6. The van der Waals surface area contributed by atoms with E-state index in [1.165, 1.54) is 41.8 Å². The molecule has 1 unspecified atom stereocenters. The minimum atomic E-state index is -0.223. The second-order valence-corrected chi connectivity index (χ2v) is 13.6. The van der Waals surface area contributed by atoms with E-state index in [4.69, 9.17) is 0 Å². The maximum absolute atomic E-state index is 13.5. The average molecular weight is 668 g/mol. The van der Waals surface area contributed by atoms with Crippen molar-refractivity contribution < 1.29 is 8.78 Å². The van der Waals surface area contributed by atoms with Crippen molar-refractivity contribution in [1.82, 2.24) is 9.80 Å². The summed E-state index contributed by atoms with van der Waals surface area (Å²) >= 11 is 0. The Hall–Kier alpha value is -1.72. The lowest BCUT2D eigenvalue weighted by molar-refractivity contribution is 0.137. The van der Waals surface area contributed by atoms with Gasteiger partial charge in [-0.2, -0.15) is 0 Å². The van der Waals surface area contributed by atoms with Crippen LogP contribution >= 0.6 is 24.8 Å². The summed E-state index contributed by atoms with van der Waals surface area (Å²) in [4.78, 5) is 5.18. The van der Waals surface area contributed by atoms with E-state index >= 15 is 0 Å². The lowest BCUT2D eigenvalue weighted by Gasteiger charge is -2.35. The standard InChI is InChI=1S/C37H54F2N2.C2H6.2ClH/c1-28(2)33(26-30(4)37(5,6)7)25-29(3)27-41-23-21-40(22-24-41)20-10-8-9-11-36(31-12-16-34(38)17-13-31)32-14-18-35(39)19-15-32;1-2;;/h12-19,26,28,33,36H,3,8-11,20-25,27H2,1-2,4-7H3;1-2H3;2*1H/b30-26+;;;. The van der Waals surface area contributed by atoms with Crippen LogP contribution in [0.1, 0.15) is 105 Å². The van der Waals surface area contributed by atoms with Gasteiger partial charge in [-0.25, -0.2) is 8.78 Å². The highest BCUT2D eigenvalue weighted by atomic mass is 35.5. The summed E-state index contributed by atoms with van der Waals surface area (Å²) in [6, 6.07) is 13.6. The molecule has 256 valence electrons. The zero-order valence-electron chi connectivity index (χ0n) is 29.4. The van der Waals surface area contributed by atoms with Crippen LogP contribution in [0.4, 0.5) is 8.78 Å². The first-order valence-corrected chi connectivity index (χ1v) is 16.7. The molecule has 1 atom stereocenters. The van der Waals surface area contributed by atoms with Crippen molar-refractivity contribution in [2.45, 2.75) is 93.4 Å². The van der Waals surface area contributed by atoms with E-state index in [2.05, 4.69) is 64.0 Å². The summed E-state index contributed by atoms with van der Waals surface area (Å²) in [5, 5.41) is 0. The molecule has 1 heterocycles. The fourth-order valence-corrected chi connectivity index (χ4v) is 5.72. The van der Waals surface area contributed by atoms with Gasteiger partial charge < -0.3 is 4.90 Å². The van der Waals surface area contributed by atoms with Crippen molar-refractivity contribution in [3.05, 3.63) is 95.1 Å². The maximum Gasteiger partial charge on any atom is 0.123 e. The quantitative estimate of drug-likeness (QED) is 0.146. The van der Waals surface area contributed by atoms with E-state index in [9.17, 15) is 8.78 Å². The highest BCUT2D eigenvalue weighted by Crippen LogP contribution is 2.31. The van der Waals surface area contributed by atoms with Crippen LogP contribution in [0.15, 0.2) is 72.3 Å². The Balaban J connectivity index is 0.00000474. The molecule has 2 aromatic rings. The lowest BCUT2D eigenvalue weighted by Crippen LogP contribution is -2.47. The van der Waals surface area contributed by atoms with E-state index in [-0.39, 0.29) is 47.8 Å². The molecule has 1 saturated heterocycles. The summed E-state index contributed by atoms with van der Waals surface area (Å²) in [6.45, 7) is 28.9. The first kappa shape index (κ1) is 43.3. The van der Waals surface area contributed by atoms with Crippen molar-refractivity contribution >= 4 is 24.8 Å². The van der Waals surface area contributed by atoms with E-state index in [0.717, 1.165) is 76.1 Å². The third-order valence-electron chi connectivity index (χ3n) is 8.95. The van der Waals surface area contributed by atoms with Crippen LogP contribution < -0.4 is 0 Å². The Bertz CT molecular complexity index is 1050. The molecule has 1 aliphatic rings. The van der Waals surface area contributed by atoms with E-state index in [0.29, 0.717) is 11.8 Å². The van der Waals surface area contributed by atoms with Gasteiger partial charge in [-0.05, 0) is 85.4 Å². The molecule has 6 heteroatoms. The molecular formula is C39H62Cl2F2N2. The highest BCUT2D eigenvalue weighted by Gasteiger charge is 2.21. The summed E-state index contributed by atoms with van der Waals surface area (Å²) in [5.41, 5.74) is 5.23. The van der Waals surface area contributed by atoms with Gasteiger partial charge in [0, 0.05) is 38.6 Å². The molecule has 0 saturated carbocycles. The molecule has 1 fully saturated rings. The SMILES string of the molecule is C=C(CC(/C=C(\C)C(C)(C)C)C(C)C)CN1CCN(CCCCCC(c2ccc(F)cc2)c2ccc(F)cc2)CC1.CC.Cl.Cl. The number of allylic oxidation sites excluding steroid dienone is 2. The molecule has 2 nitrogen and oxygen atoms in total. The monoisotopic (exact) mass is 666 g/mol. The number of nitrogens with zero attached hydrogens (tertiary/aromatic N) is 2. The minimum absolute atomic E-state index is 0. The Morgan fingerprint density at radius 3 is 1.71 bits per heavy atom. The van der Waals surface area contributed by atoms with Crippen molar-refractivity contribution in [2.24, 2.45) is 17.3 Å². The van der Waals surface area contributed by atoms with E-state index in [1.807, 2.05) is 38.1 Å². The molecule has 0 N–H and O–H groups in total. The predicted octanol–water partition coefficient (Wildman–Crippen LogP) is 11.4. The van der Waals surface area contributed by atoms with Gasteiger partial charge in [-0.3, -0.25) is 4.90 Å². The fourth-order valence-electron chi connectivity index (χ4n) is 5.72. The van der Waals surface area contributed by atoms with Gasteiger partial charge in [0.1, 0.15) is 11.6 Å². The summed E-state index contributed by atoms with van der Waals surface area (Å²) in [6.07, 6.45) is 7.99. The zero-order valence-corrected chi connectivity index (χ0v) is 31.0. The predicted molar refractivity (Wildman–Crippen MR) is 197 cm³/mol. The van der Waals surface area contributed by atoms with Crippen LogP contribution in [0.25, 0.3) is 0 Å². The number of benzene rings is 2. The van der Waals surface area contributed by atoms with Crippen molar-refractivity contribution in [1.29, 1.82) is 0 Å². The number of hydrogen-bond acceptors (Lipinski definition) is 2. The van der Waals surface area contributed by atoms with Crippen LogP contribution in [0.5, 0.6) is 0 Å². The number of piperazine rings is 1. The Morgan fingerprint density at radius 2 is 1.27 bits per heavy atom. The first-order chi connectivity index (χ1) is 20.4. The molecule has 0 spiro atoms. The number of unbranched alkanes of at least 4 members (excludes halogenated alkanes) is 2.